The lowest BCUT2D eigenvalue weighted by Gasteiger charge is -2.36. The van der Waals surface area contributed by atoms with E-state index in [0.717, 1.165) is 13.2 Å². The van der Waals surface area contributed by atoms with Gasteiger partial charge in [0.25, 0.3) is 0 Å². The number of benzene rings is 1. The lowest BCUT2D eigenvalue weighted by atomic mass is 9.73. The van der Waals surface area contributed by atoms with Gasteiger partial charge in [-0.3, -0.25) is 9.78 Å². The van der Waals surface area contributed by atoms with Gasteiger partial charge in [0.2, 0.25) is 17.6 Å². The molecule has 1 aliphatic carbocycles. The van der Waals surface area contributed by atoms with E-state index >= 15 is 0 Å². The van der Waals surface area contributed by atoms with Crippen LogP contribution in [-0.2, 0) is 4.79 Å². The molecule has 1 saturated carbocycles. The molecule has 3 N–H and O–H groups in total. The van der Waals surface area contributed by atoms with Crippen LogP contribution in [0.15, 0.2) is 30.5 Å². The molecule has 1 aromatic carbocycles. The van der Waals surface area contributed by atoms with Crippen LogP contribution < -0.4 is 10.1 Å². The average molecular weight is 442 g/mol. The predicted molar refractivity (Wildman–Crippen MR) is 103 cm³/mol. The summed E-state index contributed by atoms with van der Waals surface area (Å²) in [7, 11) is 1.14. The van der Waals surface area contributed by atoms with Crippen LogP contribution in [0.2, 0.25) is 0 Å². The van der Waals surface area contributed by atoms with Gasteiger partial charge in [-0.25, -0.2) is 13.2 Å². The molecule has 6 nitrogen and oxygen atoms in total. The van der Waals surface area contributed by atoms with Gasteiger partial charge in [0.15, 0.2) is 11.6 Å². The third-order valence-corrected chi connectivity index (χ3v) is 5.41. The van der Waals surface area contributed by atoms with Crippen molar-refractivity contribution in [3.05, 3.63) is 53.4 Å². The van der Waals surface area contributed by atoms with Crippen LogP contribution in [0.1, 0.15) is 42.5 Å². The van der Waals surface area contributed by atoms with Gasteiger partial charge in [-0.05, 0) is 30.5 Å². The molecule has 3 rings (SSSR count). The highest BCUT2D eigenvalue weighted by Gasteiger charge is 2.46. The second-order valence-corrected chi connectivity index (χ2v) is 7.45. The van der Waals surface area contributed by atoms with Crippen molar-refractivity contribution in [1.82, 2.24) is 4.98 Å². The van der Waals surface area contributed by atoms with E-state index in [9.17, 15) is 27.5 Å². The molecule has 0 spiro atoms. The van der Waals surface area contributed by atoms with Crippen LogP contribution in [0, 0.1) is 17.6 Å². The quantitative estimate of drug-likeness (QED) is 0.596. The summed E-state index contributed by atoms with van der Waals surface area (Å²) >= 11 is 0. The first-order valence-corrected chi connectivity index (χ1v) is 9.62. The Hall–Kier alpha value is -2.72. The lowest BCUT2D eigenvalue weighted by Crippen LogP contribution is -2.38. The lowest BCUT2D eigenvalue weighted by molar-refractivity contribution is -0.128. The summed E-state index contributed by atoms with van der Waals surface area (Å²) in [6.07, 6.45) is -1.39. The van der Waals surface area contributed by atoms with E-state index in [4.69, 9.17) is 9.84 Å². The van der Waals surface area contributed by atoms with Gasteiger partial charge in [0.05, 0.1) is 25.3 Å². The Bertz CT molecular complexity index is 957. The average Bonchev–Trinajstić information content (AvgIpc) is 2.74. The van der Waals surface area contributed by atoms with Gasteiger partial charge in [-0.1, -0.05) is 6.07 Å². The van der Waals surface area contributed by atoms with Crippen LogP contribution in [0.3, 0.4) is 0 Å². The van der Waals surface area contributed by atoms with Crippen molar-refractivity contribution in [2.24, 2.45) is 5.92 Å². The zero-order chi connectivity index (χ0) is 22.8. The van der Waals surface area contributed by atoms with Gasteiger partial charge < -0.3 is 20.3 Å². The van der Waals surface area contributed by atoms with E-state index in [0.29, 0.717) is 0 Å². The molecule has 1 fully saturated rings. The maximum Gasteiger partial charge on any atom is 0.249 e. The van der Waals surface area contributed by atoms with Crippen molar-refractivity contribution >= 4 is 11.6 Å². The molecule has 1 unspecified atom stereocenters. The van der Waals surface area contributed by atoms with Crippen LogP contribution >= 0.6 is 0 Å². The second kappa shape index (κ2) is 9.19. The number of aliphatic hydroxyl groups is 2. The number of carbonyl (C=O) groups is 1. The minimum atomic E-state index is -3.10. The van der Waals surface area contributed by atoms with Gasteiger partial charge >= 0.3 is 0 Å². The summed E-state index contributed by atoms with van der Waals surface area (Å²) in [5, 5.41) is 21.3. The number of hydrogen-bond donors (Lipinski definition) is 3. The SMILES string of the molecule is COc1c([C@@H]2CCC(F)(F)C[C@H]2C(=O)Nc2ccnc(C(O)CO)c2)ccc(F)c1F. The van der Waals surface area contributed by atoms with Gasteiger partial charge in [0.1, 0.15) is 6.10 Å². The molecule has 31 heavy (non-hydrogen) atoms. The zero-order valence-electron chi connectivity index (χ0n) is 16.6. The number of alkyl halides is 2. The molecule has 3 atom stereocenters. The van der Waals surface area contributed by atoms with Crippen molar-refractivity contribution in [2.45, 2.75) is 37.2 Å². The molecule has 1 amide bonds. The molecule has 10 heteroatoms. The topological polar surface area (TPSA) is 91.7 Å². The first-order valence-electron chi connectivity index (χ1n) is 9.62. The number of carbonyl (C=O) groups excluding carboxylic acids is 1. The first-order chi connectivity index (χ1) is 14.7. The normalized spacial score (nSPS) is 21.4. The molecule has 1 aromatic heterocycles. The molecule has 1 heterocycles. The number of pyridine rings is 1. The molecular weight excluding hydrogens is 420 g/mol. The Kier molecular flexibility index (Phi) is 6.80. The smallest absolute Gasteiger partial charge is 0.249 e. The molecule has 1 aliphatic rings. The van der Waals surface area contributed by atoms with Gasteiger partial charge in [-0.15, -0.1) is 0 Å². The maximum absolute atomic E-state index is 14.2. The predicted octanol–water partition coefficient (Wildman–Crippen LogP) is 3.55. The Labute approximate surface area is 175 Å². The number of aromatic nitrogens is 1. The molecule has 0 bridgehead atoms. The summed E-state index contributed by atoms with van der Waals surface area (Å²) in [5.41, 5.74) is 0.420. The highest BCUT2D eigenvalue weighted by Crippen LogP contribution is 2.48. The molecular formula is C21H22F4N2O4. The number of hydrogen-bond acceptors (Lipinski definition) is 5. The fourth-order valence-corrected chi connectivity index (χ4v) is 3.86. The summed E-state index contributed by atoms with van der Waals surface area (Å²) < 4.78 is 61.1. The van der Waals surface area contributed by atoms with Crippen molar-refractivity contribution in [2.75, 3.05) is 19.0 Å². The Morgan fingerprint density at radius 3 is 2.77 bits per heavy atom. The van der Waals surface area contributed by atoms with E-state index in [1.807, 2.05) is 0 Å². The number of aliphatic hydroxyl groups excluding tert-OH is 2. The maximum atomic E-state index is 14.2. The Balaban J connectivity index is 1.92. The number of rotatable bonds is 6. The van der Waals surface area contributed by atoms with E-state index < -0.39 is 66.6 Å². The highest BCUT2D eigenvalue weighted by molar-refractivity contribution is 5.93. The number of methoxy groups -OCH3 is 1. The molecule has 0 radical (unpaired) electrons. The van der Waals surface area contributed by atoms with E-state index in [1.165, 1.54) is 24.4 Å². The Morgan fingerprint density at radius 1 is 1.35 bits per heavy atom. The van der Waals surface area contributed by atoms with Crippen LogP contribution in [-0.4, -0.2) is 40.7 Å². The number of anilines is 1. The standard InChI is InChI=1S/C21H22F4N2O4/c1-31-19-13(2-3-15(22)18(19)23)12-4-6-21(24,25)9-14(12)20(30)27-11-5-7-26-16(8-11)17(29)10-28/h2-3,5,7-8,12,14,17,28-29H,4,6,9-10H2,1H3,(H,26,27,30)/t12-,14+,17?/m0/s1. The third kappa shape index (κ3) is 4.96. The van der Waals surface area contributed by atoms with E-state index in [1.54, 1.807) is 0 Å². The fraction of sp³-hybridized carbons (Fsp3) is 0.429. The van der Waals surface area contributed by atoms with Crippen LogP contribution in [0.5, 0.6) is 5.75 Å². The molecule has 0 saturated heterocycles. The number of ether oxygens (including phenoxy) is 1. The van der Waals surface area contributed by atoms with Crippen molar-refractivity contribution in [1.29, 1.82) is 0 Å². The summed E-state index contributed by atoms with van der Waals surface area (Å²) in [4.78, 5) is 16.8. The summed E-state index contributed by atoms with van der Waals surface area (Å²) in [5.74, 6) is -8.71. The Morgan fingerprint density at radius 2 is 2.10 bits per heavy atom. The summed E-state index contributed by atoms with van der Waals surface area (Å²) in [6, 6.07) is 4.83. The third-order valence-electron chi connectivity index (χ3n) is 5.41. The minimum absolute atomic E-state index is 0.0908. The van der Waals surface area contributed by atoms with Crippen LogP contribution in [0.25, 0.3) is 0 Å². The molecule has 0 aliphatic heterocycles. The first kappa shape index (κ1) is 23.0. The minimum Gasteiger partial charge on any atom is -0.493 e. The van der Waals surface area contributed by atoms with Gasteiger partial charge in [-0.2, -0.15) is 4.39 Å². The largest absolute Gasteiger partial charge is 0.493 e. The number of amides is 1. The molecule has 2 aromatic rings. The van der Waals surface area contributed by atoms with Gasteiger partial charge in [0, 0.05) is 30.3 Å². The van der Waals surface area contributed by atoms with E-state index in [2.05, 4.69) is 10.3 Å². The van der Waals surface area contributed by atoms with Crippen molar-refractivity contribution in [3.63, 3.8) is 0 Å². The summed E-state index contributed by atoms with van der Waals surface area (Å²) in [6.45, 7) is -0.586. The fourth-order valence-electron chi connectivity index (χ4n) is 3.86. The van der Waals surface area contributed by atoms with Crippen molar-refractivity contribution in [3.8, 4) is 5.75 Å². The highest BCUT2D eigenvalue weighted by atomic mass is 19.3. The monoisotopic (exact) mass is 442 g/mol. The van der Waals surface area contributed by atoms with E-state index in [-0.39, 0.29) is 23.4 Å². The zero-order valence-corrected chi connectivity index (χ0v) is 16.6. The second-order valence-electron chi connectivity index (χ2n) is 7.45. The number of nitrogens with zero attached hydrogens (tertiary/aromatic N) is 1. The number of nitrogens with one attached hydrogen (secondary N) is 1. The number of halogens is 4. The van der Waals surface area contributed by atoms with Crippen molar-refractivity contribution < 1.29 is 37.3 Å². The van der Waals surface area contributed by atoms with Crippen LogP contribution in [0.4, 0.5) is 23.2 Å². The molecule has 168 valence electrons.